The molecule has 1 aromatic rings. The minimum absolute atomic E-state index is 0.0962. The summed E-state index contributed by atoms with van der Waals surface area (Å²) in [7, 11) is 1.88. The highest BCUT2D eigenvalue weighted by molar-refractivity contribution is 9.10. The molecule has 1 heterocycles. The smallest absolute Gasteiger partial charge is 0.253 e. The second kappa shape index (κ2) is 7.20. The van der Waals surface area contributed by atoms with Crippen LogP contribution in [0.15, 0.2) is 22.7 Å². The molecule has 1 fully saturated rings. The van der Waals surface area contributed by atoms with Gasteiger partial charge in [-0.2, -0.15) is 0 Å². The number of hydrogen-bond donors (Lipinski definition) is 1. The van der Waals surface area contributed by atoms with Gasteiger partial charge in [0, 0.05) is 56.4 Å². The van der Waals surface area contributed by atoms with Gasteiger partial charge in [-0.1, -0.05) is 22.0 Å². The first-order valence-electron chi connectivity index (χ1n) is 7.03. The lowest BCUT2D eigenvalue weighted by Gasteiger charge is -2.29. The Morgan fingerprint density at radius 2 is 2.10 bits per heavy atom. The van der Waals surface area contributed by atoms with Crippen molar-refractivity contribution in [2.75, 3.05) is 46.3 Å². The summed E-state index contributed by atoms with van der Waals surface area (Å²) in [5.41, 5.74) is 1.79. The van der Waals surface area contributed by atoms with Crippen LogP contribution in [0.2, 0.25) is 0 Å². The molecule has 0 unspecified atom stereocenters. The van der Waals surface area contributed by atoms with Gasteiger partial charge in [0.2, 0.25) is 0 Å². The number of nitrogens with zero attached hydrogens (tertiary/aromatic N) is 2. The molecule has 4 nitrogen and oxygen atoms in total. The average Bonchev–Trinajstić information content (AvgIpc) is 2.48. The van der Waals surface area contributed by atoms with E-state index in [2.05, 4.69) is 26.1 Å². The monoisotopic (exact) mass is 339 g/mol. The maximum absolute atomic E-state index is 12.5. The Kier molecular flexibility index (Phi) is 5.57. The van der Waals surface area contributed by atoms with E-state index in [1.165, 1.54) is 0 Å². The number of amides is 1. The minimum atomic E-state index is 0.0962. The van der Waals surface area contributed by atoms with Gasteiger partial charge >= 0.3 is 0 Å². The molecule has 0 atom stereocenters. The van der Waals surface area contributed by atoms with E-state index in [9.17, 15) is 4.79 Å². The molecule has 5 heteroatoms. The second-order valence-electron chi connectivity index (χ2n) is 5.23. The van der Waals surface area contributed by atoms with E-state index in [0.717, 1.165) is 54.9 Å². The molecule has 0 spiro atoms. The normalized spacial score (nSPS) is 16.1. The van der Waals surface area contributed by atoms with Crippen molar-refractivity contribution >= 4 is 21.8 Å². The van der Waals surface area contributed by atoms with Crippen LogP contribution in [0.25, 0.3) is 0 Å². The lowest BCUT2D eigenvalue weighted by molar-refractivity contribution is 0.0774. The van der Waals surface area contributed by atoms with Crippen molar-refractivity contribution in [1.82, 2.24) is 15.1 Å². The van der Waals surface area contributed by atoms with Crippen LogP contribution in [0.4, 0.5) is 0 Å². The predicted octanol–water partition coefficient (Wildman–Crippen LogP) is 1.73. The van der Waals surface area contributed by atoms with Gasteiger partial charge in [0.05, 0.1) is 0 Å². The first-order valence-corrected chi connectivity index (χ1v) is 7.82. The zero-order valence-electron chi connectivity index (χ0n) is 12.2. The summed E-state index contributed by atoms with van der Waals surface area (Å²) < 4.78 is 0.985. The van der Waals surface area contributed by atoms with Crippen LogP contribution in [0.5, 0.6) is 0 Å². The topological polar surface area (TPSA) is 35.6 Å². The van der Waals surface area contributed by atoms with Crippen LogP contribution in [0.1, 0.15) is 15.9 Å². The third kappa shape index (κ3) is 3.81. The average molecular weight is 340 g/mol. The molecular formula is C15H22BrN3O. The number of likely N-dealkylation sites (N-methyl/N-ethyl adjacent to an activating group) is 1. The zero-order valence-corrected chi connectivity index (χ0v) is 13.7. The van der Waals surface area contributed by atoms with Gasteiger partial charge in [0.1, 0.15) is 0 Å². The molecule has 1 saturated heterocycles. The molecular weight excluding hydrogens is 318 g/mol. The van der Waals surface area contributed by atoms with Crippen LogP contribution in [0.3, 0.4) is 0 Å². The maximum Gasteiger partial charge on any atom is 0.253 e. The molecule has 0 aromatic heterocycles. The highest BCUT2D eigenvalue weighted by Crippen LogP contribution is 2.20. The lowest BCUT2D eigenvalue weighted by atomic mass is 10.1. The molecule has 1 aliphatic heterocycles. The van der Waals surface area contributed by atoms with E-state index >= 15 is 0 Å². The first kappa shape index (κ1) is 15.5. The van der Waals surface area contributed by atoms with Gasteiger partial charge in [-0.15, -0.1) is 0 Å². The molecule has 0 radical (unpaired) electrons. The van der Waals surface area contributed by atoms with Crippen molar-refractivity contribution in [3.8, 4) is 0 Å². The van der Waals surface area contributed by atoms with E-state index in [1.54, 1.807) is 0 Å². The van der Waals surface area contributed by atoms with E-state index in [1.807, 2.05) is 37.1 Å². The third-order valence-electron chi connectivity index (χ3n) is 3.81. The molecule has 20 heavy (non-hydrogen) atoms. The van der Waals surface area contributed by atoms with Gasteiger partial charge in [-0.3, -0.25) is 9.69 Å². The molecule has 1 aliphatic rings. The summed E-state index contributed by atoms with van der Waals surface area (Å²) >= 11 is 3.48. The molecule has 1 aromatic carbocycles. The largest absolute Gasteiger partial charge is 0.340 e. The summed E-state index contributed by atoms with van der Waals surface area (Å²) in [5.74, 6) is 0.0962. The highest BCUT2D eigenvalue weighted by Gasteiger charge is 2.16. The molecule has 2 rings (SSSR count). The van der Waals surface area contributed by atoms with Crippen molar-refractivity contribution in [2.45, 2.75) is 6.92 Å². The van der Waals surface area contributed by atoms with Crippen LogP contribution in [-0.4, -0.2) is 62.0 Å². The maximum atomic E-state index is 12.5. The molecule has 0 aliphatic carbocycles. The first-order chi connectivity index (χ1) is 9.59. The summed E-state index contributed by atoms with van der Waals surface area (Å²) in [4.78, 5) is 16.7. The number of carbonyl (C=O) groups is 1. The number of halogens is 1. The number of nitrogens with one attached hydrogen (secondary N) is 1. The molecule has 0 bridgehead atoms. The fourth-order valence-corrected chi connectivity index (χ4v) is 2.74. The zero-order chi connectivity index (χ0) is 14.5. The van der Waals surface area contributed by atoms with E-state index in [0.29, 0.717) is 0 Å². The van der Waals surface area contributed by atoms with Crippen LogP contribution in [-0.2, 0) is 0 Å². The number of carbonyl (C=O) groups excluding carboxylic acids is 1. The Morgan fingerprint density at radius 1 is 1.40 bits per heavy atom. The Labute approximate surface area is 129 Å². The van der Waals surface area contributed by atoms with E-state index in [4.69, 9.17) is 0 Å². The number of rotatable bonds is 4. The fraction of sp³-hybridized carbons (Fsp3) is 0.533. The summed E-state index contributed by atoms with van der Waals surface area (Å²) in [6, 6.07) is 5.77. The van der Waals surface area contributed by atoms with Crippen LogP contribution in [0, 0.1) is 6.92 Å². The van der Waals surface area contributed by atoms with E-state index in [-0.39, 0.29) is 5.91 Å². The Morgan fingerprint density at radius 3 is 2.80 bits per heavy atom. The Balaban J connectivity index is 1.92. The Bertz CT molecular complexity index is 472. The highest BCUT2D eigenvalue weighted by atomic mass is 79.9. The van der Waals surface area contributed by atoms with Crippen molar-refractivity contribution in [3.63, 3.8) is 0 Å². The summed E-state index contributed by atoms with van der Waals surface area (Å²) in [5, 5.41) is 3.34. The van der Waals surface area contributed by atoms with Crippen molar-refractivity contribution in [3.05, 3.63) is 33.8 Å². The van der Waals surface area contributed by atoms with E-state index < -0.39 is 0 Å². The standard InChI is InChI=1S/C15H22BrN3O/c1-12-13(4-3-5-14(12)16)15(20)18(2)10-11-19-8-6-17-7-9-19/h3-5,17H,6-11H2,1-2H3. The summed E-state index contributed by atoms with van der Waals surface area (Å²) in [6.45, 7) is 7.91. The molecule has 110 valence electrons. The molecule has 1 amide bonds. The molecule has 1 N–H and O–H groups in total. The van der Waals surface area contributed by atoms with Gasteiger partial charge < -0.3 is 10.2 Å². The Hall–Kier alpha value is -0.910. The second-order valence-corrected chi connectivity index (χ2v) is 6.09. The minimum Gasteiger partial charge on any atom is -0.340 e. The third-order valence-corrected chi connectivity index (χ3v) is 4.67. The number of benzene rings is 1. The van der Waals surface area contributed by atoms with Crippen molar-refractivity contribution < 1.29 is 4.79 Å². The predicted molar refractivity (Wildman–Crippen MR) is 85.1 cm³/mol. The van der Waals surface area contributed by atoms with Gasteiger partial charge in [-0.25, -0.2) is 0 Å². The number of hydrogen-bond acceptors (Lipinski definition) is 3. The van der Waals surface area contributed by atoms with Crippen molar-refractivity contribution in [1.29, 1.82) is 0 Å². The van der Waals surface area contributed by atoms with Crippen molar-refractivity contribution in [2.24, 2.45) is 0 Å². The number of piperazine rings is 1. The van der Waals surface area contributed by atoms with Gasteiger partial charge in [0.25, 0.3) is 5.91 Å². The molecule has 0 saturated carbocycles. The van der Waals surface area contributed by atoms with Crippen LogP contribution < -0.4 is 5.32 Å². The quantitative estimate of drug-likeness (QED) is 0.907. The summed E-state index contributed by atoms with van der Waals surface area (Å²) in [6.07, 6.45) is 0. The van der Waals surface area contributed by atoms with Gasteiger partial charge in [-0.05, 0) is 24.6 Å². The lowest BCUT2D eigenvalue weighted by Crippen LogP contribution is -2.46. The van der Waals surface area contributed by atoms with Crippen LogP contribution >= 0.6 is 15.9 Å². The SMILES string of the molecule is Cc1c(Br)cccc1C(=O)N(C)CCN1CCNCC1. The van der Waals surface area contributed by atoms with Gasteiger partial charge in [0.15, 0.2) is 0 Å². The fourth-order valence-electron chi connectivity index (χ4n) is 2.37.